The van der Waals surface area contributed by atoms with Gasteiger partial charge >= 0.3 is 6.61 Å². The zero-order valence-electron chi connectivity index (χ0n) is 20.1. The number of carbonyl (C=O) groups excluding carboxylic acids is 1. The van der Waals surface area contributed by atoms with Crippen molar-refractivity contribution >= 4 is 17.3 Å². The summed E-state index contributed by atoms with van der Waals surface area (Å²) in [7, 11) is 3.95. The minimum atomic E-state index is -2.99. The summed E-state index contributed by atoms with van der Waals surface area (Å²) in [6.07, 6.45) is 6.41. The first-order chi connectivity index (χ1) is 17.4. The van der Waals surface area contributed by atoms with E-state index < -0.39 is 6.61 Å². The highest BCUT2D eigenvalue weighted by molar-refractivity contribution is 5.84. The zero-order valence-corrected chi connectivity index (χ0v) is 20.1. The second kappa shape index (κ2) is 8.78. The van der Waals surface area contributed by atoms with Gasteiger partial charge in [0.15, 0.2) is 6.29 Å². The van der Waals surface area contributed by atoms with E-state index in [2.05, 4.69) is 26.6 Å². The van der Waals surface area contributed by atoms with Gasteiger partial charge in [-0.1, -0.05) is 18.2 Å². The van der Waals surface area contributed by atoms with Crippen molar-refractivity contribution in [3.63, 3.8) is 0 Å². The van der Waals surface area contributed by atoms with Gasteiger partial charge in [0.05, 0.1) is 23.1 Å². The van der Waals surface area contributed by atoms with Crippen LogP contribution in [0.4, 0.5) is 8.78 Å². The smallest absolute Gasteiger partial charge is 0.387 e. The number of aryl methyl sites for hydroxylation is 2. The van der Waals surface area contributed by atoms with E-state index in [4.69, 9.17) is 9.72 Å². The zero-order chi connectivity index (χ0) is 25.0. The highest BCUT2D eigenvalue weighted by atomic mass is 19.3. The molecule has 1 aliphatic heterocycles. The molecule has 0 fully saturated rings. The molecule has 2 aliphatic rings. The molecule has 0 bridgehead atoms. The van der Waals surface area contributed by atoms with E-state index in [0.29, 0.717) is 23.8 Å². The van der Waals surface area contributed by atoms with Crippen LogP contribution < -0.4 is 4.74 Å². The van der Waals surface area contributed by atoms with Crippen molar-refractivity contribution in [1.82, 2.24) is 19.4 Å². The number of ether oxygens (including phenoxy) is 1. The van der Waals surface area contributed by atoms with Gasteiger partial charge in [-0.2, -0.15) is 8.78 Å². The van der Waals surface area contributed by atoms with Crippen LogP contribution in [0.2, 0.25) is 0 Å². The molecule has 0 N–H and O–H groups in total. The van der Waals surface area contributed by atoms with Gasteiger partial charge in [-0.15, -0.1) is 0 Å². The summed E-state index contributed by atoms with van der Waals surface area (Å²) in [6.45, 7) is -2.99. The van der Waals surface area contributed by atoms with E-state index in [0.717, 1.165) is 47.2 Å². The number of aromatic nitrogens is 3. The van der Waals surface area contributed by atoms with E-state index in [1.807, 2.05) is 32.4 Å². The maximum Gasteiger partial charge on any atom is 0.387 e. The molecule has 2 atom stereocenters. The Labute approximate surface area is 207 Å². The molecule has 0 amide bonds. The van der Waals surface area contributed by atoms with E-state index in [-0.39, 0.29) is 17.8 Å². The number of alkyl halides is 2. The number of nitrogens with zero attached hydrogens (tertiary/aromatic N) is 4. The van der Waals surface area contributed by atoms with E-state index in [1.165, 1.54) is 17.3 Å². The maximum absolute atomic E-state index is 13.3. The average Bonchev–Trinajstić information content (AvgIpc) is 3.57. The van der Waals surface area contributed by atoms with E-state index >= 15 is 0 Å². The quantitative estimate of drug-likeness (QED) is 0.331. The molecule has 6 rings (SSSR count). The summed E-state index contributed by atoms with van der Waals surface area (Å²) in [5, 5.41) is 0. The topological polar surface area (TPSA) is 60.2 Å². The van der Waals surface area contributed by atoms with Gasteiger partial charge in [-0.25, -0.2) is 4.98 Å². The number of halogens is 2. The van der Waals surface area contributed by atoms with Crippen molar-refractivity contribution in [1.29, 1.82) is 0 Å². The predicted molar refractivity (Wildman–Crippen MR) is 133 cm³/mol. The molecular weight excluding hydrogens is 462 g/mol. The third-order valence-electron chi connectivity index (χ3n) is 7.43. The van der Waals surface area contributed by atoms with Crippen LogP contribution in [0.25, 0.3) is 22.2 Å². The van der Waals surface area contributed by atoms with Crippen molar-refractivity contribution in [3.8, 4) is 16.9 Å². The first-order valence-corrected chi connectivity index (χ1v) is 12.1. The van der Waals surface area contributed by atoms with Gasteiger partial charge in [0.25, 0.3) is 0 Å². The van der Waals surface area contributed by atoms with Crippen molar-refractivity contribution in [2.75, 3.05) is 14.1 Å². The largest absolute Gasteiger partial charge is 0.434 e. The van der Waals surface area contributed by atoms with Crippen LogP contribution in [-0.2, 0) is 12.8 Å². The summed E-state index contributed by atoms with van der Waals surface area (Å²) >= 11 is 0. The Balaban J connectivity index is 1.54. The minimum Gasteiger partial charge on any atom is -0.434 e. The SMILES string of the molecule is CN(C)C1CC(c2c(C=O)cccc2OC(F)F)n2c1nc1ccc(-c3cnc4c(c3)CCC4)cc12. The lowest BCUT2D eigenvalue weighted by molar-refractivity contribution is -0.0507. The predicted octanol–water partition coefficient (Wildman–Crippen LogP) is 5.60. The molecule has 4 aromatic rings. The van der Waals surface area contributed by atoms with Crippen molar-refractivity contribution < 1.29 is 18.3 Å². The molecular formula is C28H26F2N4O2. The lowest BCUT2D eigenvalue weighted by Gasteiger charge is -2.22. The molecule has 8 heteroatoms. The summed E-state index contributed by atoms with van der Waals surface area (Å²) in [6, 6.07) is 12.6. The number of fused-ring (bicyclic) bond motifs is 4. The van der Waals surface area contributed by atoms with Gasteiger partial charge < -0.3 is 9.30 Å². The molecule has 0 radical (unpaired) electrons. The summed E-state index contributed by atoms with van der Waals surface area (Å²) in [5.74, 6) is 0.860. The maximum atomic E-state index is 13.3. The third kappa shape index (κ3) is 3.67. The molecule has 184 valence electrons. The number of pyridine rings is 1. The van der Waals surface area contributed by atoms with Crippen LogP contribution in [0.5, 0.6) is 5.75 Å². The van der Waals surface area contributed by atoms with Crippen molar-refractivity contribution in [3.05, 3.63) is 76.9 Å². The van der Waals surface area contributed by atoms with Crippen LogP contribution in [0.15, 0.2) is 48.7 Å². The van der Waals surface area contributed by atoms with Crippen LogP contribution >= 0.6 is 0 Å². The molecule has 2 aromatic carbocycles. The van der Waals surface area contributed by atoms with Gasteiger partial charge in [-0.3, -0.25) is 14.7 Å². The number of carbonyl (C=O) groups is 1. The monoisotopic (exact) mass is 488 g/mol. The van der Waals surface area contributed by atoms with E-state index in [9.17, 15) is 13.6 Å². The summed E-state index contributed by atoms with van der Waals surface area (Å²) < 4.78 is 33.6. The molecule has 1 aliphatic carbocycles. The molecule has 36 heavy (non-hydrogen) atoms. The molecule has 2 aromatic heterocycles. The Morgan fingerprint density at radius 2 is 2.00 bits per heavy atom. The standard InChI is InChI=1S/C28H26F2N4O2/c1-33(2)24-13-23(26-18(15-35)6-4-8-25(26)36-28(29)30)34-22-12-16(9-10-21(22)32-27(24)34)19-11-17-5-3-7-20(17)31-14-19/h4,6,8-12,14-15,23-24,28H,3,5,7,13H2,1-2H3. The molecule has 0 spiro atoms. The summed E-state index contributed by atoms with van der Waals surface area (Å²) in [5.41, 5.74) is 7.04. The lowest BCUT2D eigenvalue weighted by atomic mass is 9.96. The van der Waals surface area contributed by atoms with E-state index in [1.54, 1.807) is 12.1 Å². The van der Waals surface area contributed by atoms with Crippen LogP contribution in [0, 0.1) is 0 Å². The summed E-state index contributed by atoms with van der Waals surface area (Å²) in [4.78, 5) is 23.7. The highest BCUT2D eigenvalue weighted by Crippen LogP contribution is 2.47. The number of aldehydes is 1. The Hall–Kier alpha value is -3.65. The molecule has 2 unspecified atom stereocenters. The second-order valence-corrected chi connectivity index (χ2v) is 9.71. The molecule has 0 saturated heterocycles. The van der Waals surface area contributed by atoms with Gasteiger partial charge in [0.1, 0.15) is 11.6 Å². The van der Waals surface area contributed by atoms with Gasteiger partial charge in [0.2, 0.25) is 0 Å². The molecule has 3 heterocycles. The Kier molecular flexibility index (Phi) is 5.56. The van der Waals surface area contributed by atoms with Crippen LogP contribution in [0.1, 0.15) is 57.9 Å². The van der Waals surface area contributed by atoms with Crippen molar-refractivity contribution in [2.24, 2.45) is 0 Å². The van der Waals surface area contributed by atoms with Gasteiger partial charge in [0, 0.05) is 28.6 Å². The minimum absolute atomic E-state index is 0.0192. The number of imidazole rings is 1. The number of hydrogen-bond donors (Lipinski definition) is 0. The van der Waals surface area contributed by atoms with Crippen molar-refractivity contribution in [2.45, 2.75) is 44.4 Å². The Morgan fingerprint density at radius 3 is 2.78 bits per heavy atom. The second-order valence-electron chi connectivity index (χ2n) is 9.71. The fourth-order valence-electron chi connectivity index (χ4n) is 5.77. The van der Waals surface area contributed by atoms with Crippen LogP contribution in [-0.4, -0.2) is 46.4 Å². The fraction of sp³-hybridized carbons (Fsp3) is 0.321. The highest BCUT2D eigenvalue weighted by Gasteiger charge is 2.38. The van der Waals surface area contributed by atoms with Gasteiger partial charge in [-0.05, 0) is 75.2 Å². The Bertz CT molecular complexity index is 1480. The first-order valence-electron chi connectivity index (χ1n) is 12.1. The number of hydrogen-bond acceptors (Lipinski definition) is 5. The van der Waals surface area contributed by atoms with Crippen LogP contribution in [0.3, 0.4) is 0 Å². The number of rotatable bonds is 6. The fourth-order valence-corrected chi connectivity index (χ4v) is 5.77. The molecule has 6 nitrogen and oxygen atoms in total. The third-order valence-corrected chi connectivity index (χ3v) is 7.43. The number of benzene rings is 2. The average molecular weight is 489 g/mol. The first kappa shape index (κ1) is 22.8. The Morgan fingerprint density at radius 1 is 1.14 bits per heavy atom. The lowest BCUT2D eigenvalue weighted by Crippen LogP contribution is -2.18. The molecule has 0 saturated carbocycles. The normalized spacial score (nSPS) is 18.7.